The van der Waals surface area contributed by atoms with E-state index >= 15 is 0 Å². The second kappa shape index (κ2) is 7.58. The highest BCUT2D eigenvalue weighted by molar-refractivity contribution is 9.10. The molecule has 23 heavy (non-hydrogen) atoms. The molecule has 5 heteroatoms. The molecule has 0 aliphatic carbocycles. The monoisotopic (exact) mass is 371 g/mol. The molecule has 0 spiro atoms. The highest BCUT2D eigenvalue weighted by atomic mass is 79.9. The summed E-state index contributed by atoms with van der Waals surface area (Å²) in [7, 11) is 0. The first kappa shape index (κ1) is 16.0. The summed E-state index contributed by atoms with van der Waals surface area (Å²) in [6.45, 7) is 2.53. The van der Waals surface area contributed by atoms with E-state index in [2.05, 4.69) is 44.0 Å². The van der Waals surface area contributed by atoms with Gasteiger partial charge in [-0.1, -0.05) is 28.1 Å². The van der Waals surface area contributed by atoms with E-state index in [1.54, 1.807) is 6.20 Å². The number of aromatic nitrogens is 1. The van der Waals surface area contributed by atoms with Crippen molar-refractivity contribution in [2.24, 2.45) is 0 Å². The first-order valence-electron chi connectivity index (χ1n) is 7.72. The maximum Gasteiger partial charge on any atom is 0.128 e. The number of nitriles is 1. The lowest BCUT2D eigenvalue weighted by atomic mass is 10.1. The fourth-order valence-corrected chi connectivity index (χ4v) is 2.95. The van der Waals surface area contributed by atoms with Crippen molar-refractivity contribution in [3.63, 3.8) is 0 Å². The van der Waals surface area contributed by atoms with E-state index in [0.717, 1.165) is 36.2 Å². The minimum atomic E-state index is 0.299. The molecule has 2 heterocycles. The lowest BCUT2D eigenvalue weighted by Gasteiger charge is -2.32. The average molecular weight is 372 g/mol. The Hall–Kier alpha value is -1.90. The van der Waals surface area contributed by atoms with Gasteiger partial charge in [-0.3, -0.25) is 0 Å². The van der Waals surface area contributed by atoms with Crippen molar-refractivity contribution >= 4 is 21.7 Å². The van der Waals surface area contributed by atoms with Gasteiger partial charge in [-0.05, 0) is 42.7 Å². The van der Waals surface area contributed by atoms with Crippen LogP contribution in [0, 0.1) is 11.3 Å². The van der Waals surface area contributed by atoms with Crippen molar-refractivity contribution in [3.05, 3.63) is 58.2 Å². The van der Waals surface area contributed by atoms with Gasteiger partial charge in [-0.15, -0.1) is 0 Å². The van der Waals surface area contributed by atoms with Crippen LogP contribution in [0.3, 0.4) is 0 Å². The number of benzene rings is 1. The fraction of sp³-hybridized carbons (Fsp3) is 0.333. The summed E-state index contributed by atoms with van der Waals surface area (Å²) in [6.07, 6.45) is 3.93. The van der Waals surface area contributed by atoms with Crippen LogP contribution in [0.25, 0.3) is 0 Å². The van der Waals surface area contributed by atoms with Gasteiger partial charge in [-0.25, -0.2) is 4.98 Å². The largest absolute Gasteiger partial charge is 0.373 e. The highest BCUT2D eigenvalue weighted by Gasteiger charge is 2.20. The number of halogens is 1. The fourth-order valence-electron chi connectivity index (χ4n) is 2.69. The topological polar surface area (TPSA) is 49.2 Å². The average Bonchev–Trinajstić information content (AvgIpc) is 2.62. The Morgan fingerprint density at radius 2 is 1.91 bits per heavy atom. The van der Waals surface area contributed by atoms with E-state index in [1.165, 1.54) is 5.56 Å². The predicted octanol–water partition coefficient (Wildman–Crippen LogP) is 3.90. The van der Waals surface area contributed by atoms with Crippen LogP contribution < -0.4 is 4.90 Å². The van der Waals surface area contributed by atoms with Gasteiger partial charge in [0.15, 0.2) is 0 Å². The zero-order valence-corrected chi connectivity index (χ0v) is 14.4. The Bertz CT molecular complexity index is 671. The van der Waals surface area contributed by atoms with E-state index in [0.29, 0.717) is 18.3 Å². The van der Waals surface area contributed by atoms with Gasteiger partial charge in [0.1, 0.15) is 11.9 Å². The second-order valence-electron chi connectivity index (χ2n) is 5.64. The zero-order chi connectivity index (χ0) is 16.1. The Labute approximate surface area is 144 Å². The summed E-state index contributed by atoms with van der Waals surface area (Å²) in [4.78, 5) is 6.61. The molecule has 1 aromatic heterocycles. The summed E-state index contributed by atoms with van der Waals surface area (Å²) in [5.41, 5.74) is 1.80. The number of anilines is 1. The molecule has 0 amide bonds. The van der Waals surface area contributed by atoms with Gasteiger partial charge in [0.05, 0.1) is 18.3 Å². The van der Waals surface area contributed by atoms with Crippen molar-refractivity contribution in [2.45, 2.75) is 25.6 Å². The SMILES string of the molecule is N#Cc1ccc(N2CCC(OCc3ccc(Br)cc3)CC2)nc1. The molecule has 1 fully saturated rings. The molecular weight excluding hydrogens is 354 g/mol. The summed E-state index contributed by atoms with van der Waals surface area (Å²) in [5.74, 6) is 0.940. The maximum atomic E-state index is 8.82. The molecule has 0 bridgehead atoms. The first-order chi connectivity index (χ1) is 11.2. The molecule has 3 rings (SSSR count). The number of hydrogen-bond donors (Lipinski definition) is 0. The van der Waals surface area contributed by atoms with E-state index in [1.807, 2.05) is 24.3 Å². The van der Waals surface area contributed by atoms with Crippen molar-refractivity contribution < 1.29 is 4.74 Å². The number of rotatable bonds is 4. The normalized spacial score (nSPS) is 15.4. The van der Waals surface area contributed by atoms with Gasteiger partial charge in [0.2, 0.25) is 0 Å². The van der Waals surface area contributed by atoms with Gasteiger partial charge in [-0.2, -0.15) is 5.26 Å². The molecule has 1 aliphatic heterocycles. The summed E-state index contributed by atoms with van der Waals surface area (Å²) in [6, 6.07) is 14.1. The van der Waals surface area contributed by atoms with Crippen LogP contribution in [-0.2, 0) is 11.3 Å². The van der Waals surface area contributed by atoms with E-state index < -0.39 is 0 Å². The predicted molar refractivity (Wildman–Crippen MR) is 93.1 cm³/mol. The summed E-state index contributed by atoms with van der Waals surface area (Å²) >= 11 is 3.44. The molecule has 1 saturated heterocycles. The minimum Gasteiger partial charge on any atom is -0.373 e. The second-order valence-corrected chi connectivity index (χ2v) is 6.56. The van der Waals surface area contributed by atoms with Crippen molar-refractivity contribution in [1.82, 2.24) is 4.98 Å². The number of nitrogens with zero attached hydrogens (tertiary/aromatic N) is 3. The highest BCUT2D eigenvalue weighted by Crippen LogP contribution is 2.21. The minimum absolute atomic E-state index is 0.299. The van der Waals surface area contributed by atoms with Crippen molar-refractivity contribution in [3.8, 4) is 6.07 Å². The van der Waals surface area contributed by atoms with Crippen molar-refractivity contribution in [2.75, 3.05) is 18.0 Å². The van der Waals surface area contributed by atoms with Crippen LogP contribution in [0.2, 0.25) is 0 Å². The Kier molecular flexibility index (Phi) is 5.27. The van der Waals surface area contributed by atoms with Gasteiger partial charge in [0, 0.05) is 23.8 Å². The maximum absolute atomic E-state index is 8.82. The van der Waals surface area contributed by atoms with Crippen LogP contribution in [0.4, 0.5) is 5.82 Å². The molecule has 1 aromatic carbocycles. The summed E-state index contributed by atoms with van der Waals surface area (Å²) in [5, 5.41) is 8.82. The Morgan fingerprint density at radius 1 is 1.17 bits per heavy atom. The van der Waals surface area contributed by atoms with Crippen molar-refractivity contribution in [1.29, 1.82) is 5.26 Å². The van der Waals surface area contributed by atoms with Crippen LogP contribution in [0.1, 0.15) is 24.0 Å². The third kappa shape index (κ3) is 4.31. The third-order valence-electron chi connectivity index (χ3n) is 4.04. The number of ether oxygens (including phenoxy) is 1. The molecule has 0 saturated carbocycles. The number of hydrogen-bond acceptors (Lipinski definition) is 4. The zero-order valence-electron chi connectivity index (χ0n) is 12.8. The van der Waals surface area contributed by atoms with Gasteiger partial charge < -0.3 is 9.64 Å². The van der Waals surface area contributed by atoms with Gasteiger partial charge >= 0.3 is 0 Å². The number of piperidine rings is 1. The molecule has 0 unspecified atom stereocenters. The Morgan fingerprint density at radius 3 is 2.52 bits per heavy atom. The summed E-state index contributed by atoms with van der Waals surface area (Å²) < 4.78 is 7.11. The molecular formula is C18H18BrN3O. The van der Waals surface area contributed by atoms with Crippen LogP contribution in [0.15, 0.2) is 47.1 Å². The smallest absolute Gasteiger partial charge is 0.128 e. The van der Waals surface area contributed by atoms with Gasteiger partial charge in [0.25, 0.3) is 0 Å². The van der Waals surface area contributed by atoms with Crippen LogP contribution in [-0.4, -0.2) is 24.2 Å². The Balaban J connectivity index is 1.48. The first-order valence-corrected chi connectivity index (χ1v) is 8.51. The van der Waals surface area contributed by atoms with Crippen LogP contribution in [0.5, 0.6) is 0 Å². The lowest BCUT2D eigenvalue weighted by molar-refractivity contribution is 0.0250. The molecule has 118 valence electrons. The molecule has 0 atom stereocenters. The van der Waals surface area contributed by atoms with Crippen LogP contribution >= 0.6 is 15.9 Å². The third-order valence-corrected chi connectivity index (χ3v) is 4.57. The molecule has 0 N–H and O–H groups in total. The lowest BCUT2D eigenvalue weighted by Crippen LogP contribution is -2.37. The van der Waals surface area contributed by atoms with E-state index in [-0.39, 0.29) is 0 Å². The van der Waals surface area contributed by atoms with E-state index in [9.17, 15) is 0 Å². The standard InChI is InChI=1S/C18H18BrN3O/c19-16-4-1-14(2-5-16)13-23-17-7-9-22(10-8-17)18-6-3-15(11-20)12-21-18/h1-6,12,17H,7-10,13H2. The molecule has 4 nitrogen and oxygen atoms in total. The molecule has 2 aromatic rings. The molecule has 0 radical (unpaired) electrons. The molecule has 1 aliphatic rings. The number of pyridine rings is 1. The quantitative estimate of drug-likeness (QED) is 0.817. The van der Waals surface area contributed by atoms with E-state index in [4.69, 9.17) is 10.00 Å².